The highest BCUT2D eigenvalue weighted by molar-refractivity contribution is 7.89. The monoisotopic (exact) mass is 410 g/mol. The fourth-order valence-corrected chi connectivity index (χ4v) is 3.48. The van der Waals surface area contributed by atoms with Crippen LogP contribution in [0.5, 0.6) is 5.75 Å². The molecule has 0 saturated carbocycles. The number of methoxy groups -OCH3 is 1. The Labute approximate surface area is 159 Å². The fourth-order valence-electron chi connectivity index (χ4n) is 2.62. The van der Waals surface area contributed by atoms with E-state index in [2.05, 4.69) is 4.98 Å². The van der Waals surface area contributed by atoms with Gasteiger partial charge in [0.15, 0.2) is 0 Å². The van der Waals surface area contributed by atoms with Crippen LogP contribution in [0.2, 0.25) is 5.02 Å². The zero-order chi connectivity index (χ0) is 19.8. The Morgan fingerprint density at radius 3 is 2.44 bits per heavy atom. The van der Waals surface area contributed by atoms with Crippen molar-refractivity contribution in [3.8, 4) is 28.1 Å². The predicted molar refractivity (Wildman–Crippen MR) is 98.0 cm³/mol. The maximum Gasteiger partial charge on any atom is 0.241 e. The molecule has 0 radical (unpaired) electrons. The summed E-state index contributed by atoms with van der Waals surface area (Å²) in [6.07, 6.45) is 1.49. The number of halogens is 3. The molecular formula is C18H13ClF2N2O3S. The van der Waals surface area contributed by atoms with Crippen LogP contribution in [0.1, 0.15) is 0 Å². The molecule has 0 bridgehead atoms. The lowest BCUT2D eigenvalue weighted by molar-refractivity contribution is 0.415. The highest BCUT2D eigenvalue weighted by Crippen LogP contribution is 2.36. The molecule has 140 valence electrons. The van der Waals surface area contributed by atoms with Gasteiger partial charge in [-0.05, 0) is 36.4 Å². The molecule has 0 saturated heterocycles. The van der Waals surface area contributed by atoms with E-state index in [1.807, 2.05) is 0 Å². The Morgan fingerprint density at radius 1 is 1.07 bits per heavy atom. The van der Waals surface area contributed by atoms with Crippen LogP contribution in [0.25, 0.3) is 22.4 Å². The molecule has 1 aromatic heterocycles. The molecule has 0 atom stereocenters. The number of ether oxygens (including phenoxy) is 1. The average molecular weight is 411 g/mol. The minimum Gasteiger partial charge on any atom is -0.495 e. The lowest BCUT2D eigenvalue weighted by Gasteiger charge is -2.12. The van der Waals surface area contributed by atoms with E-state index in [1.54, 1.807) is 24.3 Å². The minimum absolute atomic E-state index is 0.157. The van der Waals surface area contributed by atoms with E-state index in [0.29, 0.717) is 28.1 Å². The number of benzene rings is 2. The molecule has 2 N–H and O–H groups in total. The summed E-state index contributed by atoms with van der Waals surface area (Å²) in [6.45, 7) is 0. The van der Waals surface area contributed by atoms with Gasteiger partial charge in [0.1, 0.15) is 22.3 Å². The van der Waals surface area contributed by atoms with Crippen molar-refractivity contribution >= 4 is 21.6 Å². The van der Waals surface area contributed by atoms with E-state index >= 15 is 0 Å². The van der Waals surface area contributed by atoms with Crippen molar-refractivity contribution < 1.29 is 21.9 Å². The first-order valence-corrected chi connectivity index (χ1v) is 9.46. The van der Waals surface area contributed by atoms with Crippen LogP contribution in [0, 0.1) is 11.6 Å². The number of sulfonamides is 1. The van der Waals surface area contributed by atoms with Gasteiger partial charge in [-0.25, -0.2) is 22.3 Å². The quantitative estimate of drug-likeness (QED) is 0.704. The first-order chi connectivity index (χ1) is 12.7. The summed E-state index contributed by atoms with van der Waals surface area (Å²) in [5.74, 6) is -1.65. The first kappa shape index (κ1) is 19.2. The number of hydrogen-bond donors (Lipinski definition) is 1. The zero-order valence-corrected chi connectivity index (χ0v) is 15.5. The molecule has 1 heterocycles. The summed E-state index contributed by atoms with van der Waals surface area (Å²) >= 11 is 6.14. The van der Waals surface area contributed by atoms with E-state index in [0.717, 1.165) is 6.07 Å². The number of nitrogens with two attached hydrogens (primary N) is 1. The molecule has 3 rings (SSSR count). The van der Waals surface area contributed by atoms with Crippen LogP contribution < -0.4 is 9.88 Å². The molecule has 9 heteroatoms. The molecular weight excluding hydrogens is 398 g/mol. The molecule has 0 unspecified atom stereocenters. The molecule has 0 amide bonds. The first-order valence-electron chi connectivity index (χ1n) is 7.53. The van der Waals surface area contributed by atoms with Crippen LogP contribution in [-0.2, 0) is 10.0 Å². The maximum atomic E-state index is 14.6. The van der Waals surface area contributed by atoms with E-state index in [1.165, 1.54) is 19.4 Å². The SMILES string of the molecule is COc1ccc(-c2ncccc2-c2cc(F)c(S(N)(=O)=O)cc2F)cc1Cl. The number of nitrogens with zero attached hydrogens (tertiary/aromatic N) is 1. The third kappa shape index (κ3) is 3.78. The molecule has 0 spiro atoms. The molecule has 3 aromatic rings. The van der Waals surface area contributed by atoms with Gasteiger partial charge in [-0.3, -0.25) is 4.98 Å². The smallest absolute Gasteiger partial charge is 0.241 e. The van der Waals surface area contributed by atoms with Gasteiger partial charge >= 0.3 is 0 Å². The van der Waals surface area contributed by atoms with Crippen molar-refractivity contribution in [2.24, 2.45) is 5.14 Å². The van der Waals surface area contributed by atoms with Gasteiger partial charge in [0.2, 0.25) is 10.0 Å². The summed E-state index contributed by atoms with van der Waals surface area (Å²) < 4.78 is 56.6. The fraction of sp³-hybridized carbons (Fsp3) is 0.0556. The van der Waals surface area contributed by atoms with Gasteiger partial charge in [0, 0.05) is 22.9 Å². The van der Waals surface area contributed by atoms with Crippen molar-refractivity contribution in [1.29, 1.82) is 0 Å². The Kier molecular flexibility index (Phi) is 5.14. The summed E-state index contributed by atoms with van der Waals surface area (Å²) in [5, 5.41) is 5.23. The molecule has 5 nitrogen and oxygen atoms in total. The van der Waals surface area contributed by atoms with E-state index in [4.69, 9.17) is 21.5 Å². The highest BCUT2D eigenvalue weighted by atomic mass is 35.5. The van der Waals surface area contributed by atoms with Gasteiger partial charge in [0.05, 0.1) is 17.8 Å². The van der Waals surface area contributed by atoms with Crippen molar-refractivity contribution in [2.45, 2.75) is 4.90 Å². The normalized spacial score (nSPS) is 11.4. The van der Waals surface area contributed by atoms with E-state index in [9.17, 15) is 17.2 Å². The number of primary sulfonamides is 1. The molecule has 27 heavy (non-hydrogen) atoms. The number of pyridine rings is 1. The van der Waals surface area contributed by atoms with Crippen LogP contribution in [0.4, 0.5) is 8.78 Å². The maximum absolute atomic E-state index is 14.6. The summed E-state index contributed by atoms with van der Waals surface area (Å²) in [4.78, 5) is 3.32. The molecule has 0 aliphatic heterocycles. The minimum atomic E-state index is -4.39. The Balaban J connectivity index is 2.21. The lowest BCUT2D eigenvalue weighted by Crippen LogP contribution is -2.14. The van der Waals surface area contributed by atoms with E-state index in [-0.39, 0.29) is 11.1 Å². The van der Waals surface area contributed by atoms with Crippen molar-refractivity contribution in [3.05, 3.63) is 65.3 Å². The van der Waals surface area contributed by atoms with Gasteiger partial charge in [0.25, 0.3) is 0 Å². The number of hydrogen-bond acceptors (Lipinski definition) is 4. The second-order valence-corrected chi connectivity index (χ2v) is 7.49. The third-order valence-electron chi connectivity index (χ3n) is 3.85. The number of rotatable bonds is 4. The Morgan fingerprint density at radius 2 is 1.81 bits per heavy atom. The van der Waals surface area contributed by atoms with Gasteiger partial charge < -0.3 is 4.74 Å². The van der Waals surface area contributed by atoms with Crippen LogP contribution in [-0.4, -0.2) is 20.5 Å². The van der Waals surface area contributed by atoms with E-state index < -0.39 is 26.6 Å². The van der Waals surface area contributed by atoms with Crippen molar-refractivity contribution in [3.63, 3.8) is 0 Å². The average Bonchev–Trinajstić information content (AvgIpc) is 2.62. The van der Waals surface area contributed by atoms with Gasteiger partial charge in [-0.15, -0.1) is 0 Å². The standard InChI is InChI=1S/C18H13ClF2N2O3S/c1-26-16-5-4-10(7-13(16)19)18-11(3-2-6-23-18)12-8-15(21)17(9-14(12)20)27(22,24)25/h2-9H,1H3,(H2,22,24,25). The topological polar surface area (TPSA) is 82.3 Å². The largest absolute Gasteiger partial charge is 0.495 e. The second kappa shape index (κ2) is 7.22. The molecule has 0 aliphatic carbocycles. The van der Waals surface area contributed by atoms with Crippen molar-refractivity contribution in [2.75, 3.05) is 7.11 Å². The molecule has 2 aromatic carbocycles. The zero-order valence-electron chi connectivity index (χ0n) is 13.9. The summed E-state index contributed by atoms with van der Waals surface area (Å²) in [5.41, 5.74) is 0.987. The van der Waals surface area contributed by atoms with Crippen LogP contribution in [0.3, 0.4) is 0 Å². The van der Waals surface area contributed by atoms with Gasteiger partial charge in [-0.1, -0.05) is 17.7 Å². The summed E-state index contributed by atoms with van der Waals surface area (Å²) in [7, 11) is -2.92. The van der Waals surface area contributed by atoms with Gasteiger partial charge in [-0.2, -0.15) is 0 Å². The predicted octanol–water partition coefficient (Wildman–Crippen LogP) is 4.00. The number of aromatic nitrogens is 1. The second-order valence-electron chi connectivity index (χ2n) is 5.56. The third-order valence-corrected chi connectivity index (χ3v) is 5.07. The van der Waals surface area contributed by atoms with Crippen LogP contribution >= 0.6 is 11.6 Å². The Hall–Kier alpha value is -2.55. The molecule has 0 aliphatic rings. The van der Waals surface area contributed by atoms with Crippen molar-refractivity contribution in [1.82, 2.24) is 4.98 Å². The van der Waals surface area contributed by atoms with Crippen LogP contribution in [0.15, 0.2) is 53.6 Å². The highest BCUT2D eigenvalue weighted by Gasteiger charge is 2.21. The lowest BCUT2D eigenvalue weighted by atomic mass is 9.99. The summed E-state index contributed by atoms with van der Waals surface area (Å²) in [6, 6.07) is 9.29. The molecule has 0 fully saturated rings. The Bertz CT molecular complexity index is 1140.